The van der Waals surface area contributed by atoms with Crippen LogP contribution in [0.5, 0.6) is 0 Å². The number of aromatic nitrogens is 1. The van der Waals surface area contributed by atoms with Crippen LogP contribution >= 0.6 is 23.7 Å². The van der Waals surface area contributed by atoms with E-state index in [0.717, 1.165) is 61.0 Å². The third-order valence-corrected chi connectivity index (χ3v) is 6.41. The molecule has 1 aliphatic rings. The largest absolute Gasteiger partial charge is 0.340 e. The standard InChI is InChI=1S/C24H27N3OS.ClH/c1-2-21(19-9-5-3-6-10-19)24(28)27-15-13-26(14-16-27)17-23-25-22(18-29-23)20-11-7-4-8-12-20;/h3-12,18,21H,2,13-17H2,1H3;1H. The Kier molecular flexibility index (Phi) is 8.02. The van der Waals surface area contributed by atoms with E-state index in [9.17, 15) is 4.79 Å². The van der Waals surface area contributed by atoms with E-state index in [1.165, 1.54) is 0 Å². The highest BCUT2D eigenvalue weighted by Crippen LogP contribution is 2.25. The second kappa shape index (κ2) is 10.7. The van der Waals surface area contributed by atoms with Gasteiger partial charge in [0.15, 0.2) is 0 Å². The Morgan fingerprint density at radius 2 is 1.63 bits per heavy atom. The Balaban J connectivity index is 0.00000256. The number of hydrogen-bond acceptors (Lipinski definition) is 4. The van der Waals surface area contributed by atoms with E-state index in [0.29, 0.717) is 0 Å². The van der Waals surface area contributed by atoms with Gasteiger partial charge in [-0.2, -0.15) is 0 Å². The van der Waals surface area contributed by atoms with E-state index in [4.69, 9.17) is 4.98 Å². The van der Waals surface area contributed by atoms with Crippen LogP contribution in [0.2, 0.25) is 0 Å². The van der Waals surface area contributed by atoms with Gasteiger partial charge in [0.25, 0.3) is 0 Å². The summed E-state index contributed by atoms with van der Waals surface area (Å²) in [6.45, 7) is 6.33. The molecule has 0 bridgehead atoms. The Labute approximate surface area is 189 Å². The van der Waals surface area contributed by atoms with Crippen molar-refractivity contribution in [1.82, 2.24) is 14.8 Å². The summed E-state index contributed by atoms with van der Waals surface area (Å²) < 4.78 is 0. The maximum atomic E-state index is 13.1. The molecule has 0 N–H and O–H groups in total. The van der Waals surface area contributed by atoms with Crippen molar-refractivity contribution in [1.29, 1.82) is 0 Å². The number of nitrogens with zero attached hydrogens (tertiary/aromatic N) is 3. The van der Waals surface area contributed by atoms with Gasteiger partial charge < -0.3 is 4.90 Å². The summed E-state index contributed by atoms with van der Waals surface area (Å²) in [5.74, 6) is 0.231. The topological polar surface area (TPSA) is 36.4 Å². The number of amides is 1. The number of carbonyl (C=O) groups excluding carboxylic acids is 1. The van der Waals surface area contributed by atoms with Gasteiger partial charge in [-0.15, -0.1) is 23.7 Å². The molecule has 1 atom stereocenters. The van der Waals surface area contributed by atoms with Gasteiger partial charge in [0.1, 0.15) is 5.01 Å². The number of carbonyl (C=O) groups is 1. The molecule has 4 nitrogen and oxygen atoms in total. The van der Waals surface area contributed by atoms with Gasteiger partial charge in [-0.3, -0.25) is 9.69 Å². The van der Waals surface area contributed by atoms with Crippen LogP contribution in [0.3, 0.4) is 0 Å². The Hall–Kier alpha value is -2.21. The average Bonchev–Trinajstić information content (AvgIpc) is 3.25. The first kappa shape index (κ1) is 22.5. The van der Waals surface area contributed by atoms with Crippen molar-refractivity contribution < 1.29 is 4.79 Å². The molecule has 1 unspecified atom stereocenters. The number of thiazole rings is 1. The summed E-state index contributed by atoms with van der Waals surface area (Å²) >= 11 is 1.72. The molecule has 1 fully saturated rings. The monoisotopic (exact) mass is 441 g/mol. The van der Waals surface area contributed by atoms with Crippen molar-refractivity contribution >= 4 is 29.7 Å². The molecule has 1 aromatic heterocycles. The van der Waals surface area contributed by atoms with E-state index < -0.39 is 0 Å². The molecule has 6 heteroatoms. The fourth-order valence-electron chi connectivity index (χ4n) is 3.90. The van der Waals surface area contributed by atoms with E-state index in [2.05, 4.69) is 41.5 Å². The minimum absolute atomic E-state index is 0. The molecular formula is C24H28ClN3OS. The number of hydrogen-bond donors (Lipinski definition) is 0. The van der Waals surface area contributed by atoms with Gasteiger partial charge in [-0.05, 0) is 12.0 Å². The number of halogens is 1. The average molecular weight is 442 g/mol. The maximum Gasteiger partial charge on any atom is 0.230 e. The van der Waals surface area contributed by atoms with Gasteiger partial charge in [0, 0.05) is 37.1 Å². The lowest BCUT2D eigenvalue weighted by Gasteiger charge is -2.36. The van der Waals surface area contributed by atoms with Crippen LogP contribution in [0.1, 0.15) is 29.8 Å². The SMILES string of the molecule is CCC(C(=O)N1CCN(Cc2nc(-c3ccccc3)cs2)CC1)c1ccccc1.Cl. The molecule has 3 aromatic rings. The minimum Gasteiger partial charge on any atom is -0.340 e. The van der Waals surface area contributed by atoms with Crippen LogP contribution in [-0.4, -0.2) is 46.9 Å². The summed E-state index contributed by atoms with van der Waals surface area (Å²) in [6.07, 6.45) is 0.838. The highest BCUT2D eigenvalue weighted by molar-refractivity contribution is 7.09. The molecule has 4 rings (SSSR count). The molecule has 1 amide bonds. The summed E-state index contributed by atoms with van der Waals surface area (Å²) in [4.78, 5) is 22.3. The lowest BCUT2D eigenvalue weighted by Crippen LogP contribution is -2.49. The normalized spacial score (nSPS) is 15.4. The van der Waals surface area contributed by atoms with Gasteiger partial charge >= 0.3 is 0 Å². The molecule has 0 aliphatic carbocycles. The Bertz CT molecular complexity index is 924. The second-order valence-corrected chi connectivity index (χ2v) is 8.41. The van der Waals surface area contributed by atoms with Gasteiger partial charge in [-0.25, -0.2) is 4.98 Å². The molecule has 1 saturated heterocycles. The summed E-state index contributed by atoms with van der Waals surface area (Å²) in [5.41, 5.74) is 3.34. The zero-order valence-corrected chi connectivity index (χ0v) is 18.9. The van der Waals surface area contributed by atoms with Crippen molar-refractivity contribution in [3.8, 4) is 11.3 Å². The van der Waals surface area contributed by atoms with Crippen molar-refractivity contribution in [2.45, 2.75) is 25.8 Å². The van der Waals surface area contributed by atoms with Crippen LogP contribution in [0.25, 0.3) is 11.3 Å². The predicted molar refractivity (Wildman–Crippen MR) is 126 cm³/mol. The van der Waals surface area contributed by atoms with Crippen LogP contribution in [0.15, 0.2) is 66.0 Å². The zero-order chi connectivity index (χ0) is 20.1. The minimum atomic E-state index is -0.0323. The lowest BCUT2D eigenvalue weighted by molar-refractivity contribution is -0.134. The van der Waals surface area contributed by atoms with Crippen molar-refractivity contribution in [3.63, 3.8) is 0 Å². The van der Waals surface area contributed by atoms with E-state index >= 15 is 0 Å². The zero-order valence-electron chi connectivity index (χ0n) is 17.2. The van der Waals surface area contributed by atoms with Crippen LogP contribution < -0.4 is 0 Å². The summed E-state index contributed by atoms with van der Waals surface area (Å²) in [7, 11) is 0. The molecular weight excluding hydrogens is 414 g/mol. The molecule has 2 heterocycles. The first-order valence-electron chi connectivity index (χ1n) is 10.3. The van der Waals surface area contributed by atoms with Gasteiger partial charge in [-0.1, -0.05) is 67.6 Å². The van der Waals surface area contributed by atoms with Crippen molar-refractivity contribution in [2.24, 2.45) is 0 Å². The van der Waals surface area contributed by atoms with E-state index in [-0.39, 0.29) is 24.2 Å². The highest BCUT2D eigenvalue weighted by atomic mass is 35.5. The summed E-state index contributed by atoms with van der Waals surface area (Å²) in [6, 6.07) is 20.5. The van der Waals surface area contributed by atoms with E-state index in [1.54, 1.807) is 11.3 Å². The molecule has 1 aliphatic heterocycles. The van der Waals surface area contributed by atoms with E-state index in [1.807, 2.05) is 41.3 Å². The number of piperazine rings is 1. The third-order valence-electron chi connectivity index (χ3n) is 5.57. The van der Waals surface area contributed by atoms with Crippen LogP contribution in [0, 0.1) is 0 Å². The number of rotatable bonds is 6. The fraction of sp³-hybridized carbons (Fsp3) is 0.333. The van der Waals surface area contributed by atoms with Crippen molar-refractivity contribution in [2.75, 3.05) is 26.2 Å². The molecule has 2 aromatic carbocycles. The molecule has 0 saturated carbocycles. The van der Waals surface area contributed by atoms with Gasteiger partial charge in [0.2, 0.25) is 5.91 Å². The molecule has 30 heavy (non-hydrogen) atoms. The van der Waals surface area contributed by atoms with Gasteiger partial charge in [0.05, 0.1) is 18.2 Å². The smallest absolute Gasteiger partial charge is 0.230 e. The Morgan fingerprint density at radius 1 is 1.00 bits per heavy atom. The molecule has 158 valence electrons. The first-order valence-corrected chi connectivity index (χ1v) is 11.2. The second-order valence-electron chi connectivity index (χ2n) is 7.47. The third kappa shape index (κ3) is 5.28. The molecule has 0 spiro atoms. The molecule has 0 radical (unpaired) electrons. The van der Waals surface area contributed by atoms with Crippen LogP contribution in [0.4, 0.5) is 0 Å². The number of benzene rings is 2. The van der Waals surface area contributed by atoms with Crippen LogP contribution in [-0.2, 0) is 11.3 Å². The quantitative estimate of drug-likeness (QED) is 0.535. The highest BCUT2D eigenvalue weighted by Gasteiger charge is 2.27. The predicted octanol–water partition coefficient (Wildman–Crippen LogP) is 5.07. The first-order chi connectivity index (χ1) is 14.2. The summed E-state index contributed by atoms with van der Waals surface area (Å²) in [5, 5.41) is 3.27. The Morgan fingerprint density at radius 3 is 2.27 bits per heavy atom. The lowest BCUT2D eigenvalue weighted by atomic mass is 9.95. The fourth-order valence-corrected chi connectivity index (χ4v) is 4.75. The maximum absolute atomic E-state index is 13.1. The van der Waals surface area contributed by atoms with Crippen molar-refractivity contribution in [3.05, 3.63) is 76.6 Å².